The number of rotatable bonds is 7. The van der Waals surface area contributed by atoms with Crippen LogP contribution < -0.4 is 0 Å². The highest BCUT2D eigenvalue weighted by atomic mass is 16.7. The van der Waals surface area contributed by atoms with Crippen LogP contribution in [0.3, 0.4) is 0 Å². The van der Waals surface area contributed by atoms with Crippen molar-refractivity contribution in [1.82, 2.24) is 4.90 Å². The monoisotopic (exact) mass is 295 g/mol. The van der Waals surface area contributed by atoms with Gasteiger partial charge in [0.15, 0.2) is 6.29 Å². The number of amides is 1. The molecule has 0 aliphatic rings. The number of hydrogen-bond donors (Lipinski definition) is 0. The van der Waals surface area contributed by atoms with E-state index in [9.17, 15) is 4.79 Å². The zero-order chi connectivity index (χ0) is 15.8. The molecule has 0 saturated heterocycles. The molecule has 0 aromatic heterocycles. The third-order valence-corrected chi connectivity index (χ3v) is 3.00. The highest BCUT2D eigenvalue weighted by Gasteiger charge is 2.17. The van der Waals surface area contributed by atoms with Gasteiger partial charge in [-0.05, 0) is 11.5 Å². The average molecular weight is 295 g/mol. The minimum atomic E-state index is -0.443. The Labute approximate surface area is 126 Å². The Hall–Kier alpha value is -1.59. The fraction of sp³-hybridized carbons (Fsp3) is 0.562. The molecule has 0 N–H and O–H groups in total. The minimum Gasteiger partial charge on any atom is -0.449 e. The van der Waals surface area contributed by atoms with Gasteiger partial charge >= 0.3 is 6.09 Å². The van der Waals surface area contributed by atoms with Crippen molar-refractivity contribution in [2.45, 2.75) is 26.7 Å². The van der Waals surface area contributed by atoms with E-state index in [1.165, 1.54) is 0 Å². The fourth-order valence-corrected chi connectivity index (χ4v) is 1.93. The molecule has 0 aliphatic carbocycles. The number of carbonyl (C=O) groups is 1. The summed E-state index contributed by atoms with van der Waals surface area (Å²) in [5.41, 5.74) is 1.88. The Morgan fingerprint density at radius 3 is 2.38 bits per heavy atom. The van der Waals surface area contributed by atoms with Gasteiger partial charge in [0.05, 0.1) is 6.61 Å². The van der Waals surface area contributed by atoms with E-state index in [0.717, 1.165) is 11.1 Å². The van der Waals surface area contributed by atoms with Crippen molar-refractivity contribution in [2.75, 3.05) is 27.9 Å². The second kappa shape index (κ2) is 8.64. The van der Waals surface area contributed by atoms with E-state index >= 15 is 0 Å². The first-order chi connectivity index (χ1) is 9.99. The zero-order valence-corrected chi connectivity index (χ0v) is 13.5. The van der Waals surface area contributed by atoms with Gasteiger partial charge in [-0.2, -0.15) is 0 Å². The van der Waals surface area contributed by atoms with Crippen molar-refractivity contribution >= 4 is 6.09 Å². The van der Waals surface area contributed by atoms with Crippen molar-refractivity contribution in [2.24, 2.45) is 5.92 Å². The van der Waals surface area contributed by atoms with Crippen molar-refractivity contribution < 1.29 is 19.0 Å². The Kier molecular flexibility index (Phi) is 7.19. The molecule has 0 aliphatic heterocycles. The van der Waals surface area contributed by atoms with E-state index < -0.39 is 6.29 Å². The molecule has 5 heteroatoms. The number of ether oxygens (including phenoxy) is 3. The molecule has 0 radical (unpaired) electrons. The van der Waals surface area contributed by atoms with Gasteiger partial charge < -0.3 is 19.1 Å². The van der Waals surface area contributed by atoms with Gasteiger partial charge in [0.25, 0.3) is 0 Å². The van der Waals surface area contributed by atoms with Gasteiger partial charge in [-0.25, -0.2) is 4.79 Å². The molecular formula is C16H25NO4. The largest absolute Gasteiger partial charge is 0.449 e. The van der Waals surface area contributed by atoms with Crippen molar-refractivity contribution in [3.63, 3.8) is 0 Å². The molecule has 1 amide bonds. The van der Waals surface area contributed by atoms with Crippen LogP contribution in [0.15, 0.2) is 24.3 Å². The summed E-state index contributed by atoms with van der Waals surface area (Å²) in [5.74, 6) is 0.320. The number of carbonyl (C=O) groups excluding carboxylic acids is 1. The van der Waals surface area contributed by atoms with Crippen molar-refractivity contribution in [3.8, 4) is 0 Å². The van der Waals surface area contributed by atoms with Crippen LogP contribution in [0.1, 0.15) is 31.3 Å². The standard InChI is InChI=1S/C16H25NO4/c1-12(2)11-21-16(18)17(3)10-13-8-6-7-9-14(13)15(19-4)20-5/h6-9,12,15H,10-11H2,1-5H3. The van der Waals surface area contributed by atoms with Crippen LogP contribution in [0, 0.1) is 5.92 Å². The SMILES string of the molecule is COC(OC)c1ccccc1CN(C)C(=O)OCC(C)C. The number of hydrogen-bond acceptors (Lipinski definition) is 4. The first kappa shape index (κ1) is 17.5. The topological polar surface area (TPSA) is 48.0 Å². The highest BCUT2D eigenvalue weighted by molar-refractivity contribution is 5.67. The van der Waals surface area contributed by atoms with Crippen LogP contribution >= 0.6 is 0 Å². The lowest BCUT2D eigenvalue weighted by Crippen LogP contribution is -2.28. The molecule has 1 aromatic carbocycles. The summed E-state index contributed by atoms with van der Waals surface area (Å²) < 4.78 is 15.8. The van der Waals surface area contributed by atoms with Crippen LogP contribution in [-0.4, -0.2) is 38.9 Å². The van der Waals surface area contributed by atoms with Crippen LogP contribution in [0.25, 0.3) is 0 Å². The molecule has 0 fully saturated rings. The normalized spacial score (nSPS) is 11.0. The van der Waals surface area contributed by atoms with E-state index in [1.54, 1.807) is 26.2 Å². The fourth-order valence-electron chi connectivity index (χ4n) is 1.93. The van der Waals surface area contributed by atoms with Crippen LogP contribution in [0.4, 0.5) is 4.79 Å². The maximum Gasteiger partial charge on any atom is 0.409 e. The van der Waals surface area contributed by atoms with E-state index in [2.05, 4.69) is 0 Å². The summed E-state index contributed by atoms with van der Waals surface area (Å²) in [5, 5.41) is 0. The molecule has 0 saturated carbocycles. The summed E-state index contributed by atoms with van der Waals surface area (Å²) in [6.07, 6.45) is -0.772. The molecule has 0 spiro atoms. The first-order valence-electron chi connectivity index (χ1n) is 7.00. The van der Waals surface area contributed by atoms with E-state index in [4.69, 9.17) is 14.2 Å². The molecule has 0 unspecified atom stereocenters. The lowest BCUT2D eigenvalue weighted by molar-refractivity contribution is -0.106. The summed E-state index contributed by atoms with van der Waals surface area (Å²) in [6.45, 7) is 4.87. The Morgan fingerprint density at radius 2 is 1.81 bits per heavy atom. The second-order valence-corrected chi connectivity index (χ2v) is 5.33. The smallest absolute Gasteiger partial charge is 0.409 e. The van der Waals surface area contributed by atoms with Gasteiger partial charge in [-0.1, -0.05) is 38.1 Å². The predicted octanol–water partition coefficient (Wildman–Crippen LogP) is 3.20. The van der Waals surface area contributed by atoms with Gasteiger partial charge in [0.2, 0.25) is 0 Å². The van der Waals surface area contributed by atoms with E-state index in [1.807, 2.05) is 38.1 Å². The molecule has 0 atom stereocenters. The minimum absolute atomic E-state index is 0.320. The lowest BCUT2D eigenvalue weighted by atomic mass is 10.1. The van der Waals surface area contributed by atoms with Gasteiger partial charge in [-0.15, -0.1) is 0 Å². The Balaban J connectivity index is 2.76. The van der Waals surface area contributed by atoms with Crippen molar-refractivity contribution in [3.05, 3.63) is 35.4 Å². The number of methoxy groups -OCH3 is 2. The quantitative estimate of drug-likeness (QED) is 0.725. The summed E-state index contributed by atoms with van der Waals surface area (Å²) >= 11 is 0. The molecule has 21 heavy (non-hydrogen) atoms. The maximum absolute atomic E-state index is 11.9. The Morgan fingerprint density at radius 1 is 1.19 bits per heavy atom. The third kappa shape index (κ3) is 5.36. The third-order valence-electron chi connectivity index (χ3n) is 3.00. The van der Waals surface area contributed by atoms with E-state index in [0.29, 0.717) is 19.1 Å². The summed E-state index contributed by atoms with van der Waals surface area (Å²) in [4.78, 5) is 13.5. The van der Waals surface area contributed by atoms with Crippen molar-refractivity contribution in [1.29, 1.82) is 0 Å². The zero-order valence-electron chi connectivity index (χ0n) is 13.5. The van der Waals surface area contributed by atoms with Crippen LogP contribution in [0.2, 0.25) is 0 Å². The molecular weight excluding hydrogens is 270 g/mol. The van der Waals surface area contributed by atoms with Gasteiger partial charge in [0.1, 0.15) is 0 Å². The predicted molar refractivity (Wildman–Crippen MR) is 80.9 cm³/mol. The first-order valence-corrected chi connectivity index (χ1v) is 7.00. The molecule has 0 heterocycles. The van der Waals surface area contributed by atoms with E-state index in [-0.39, 0.29) is 6.09 Å². The highest BCUT2D eigenvalue weighted by Crippen LogP contribution is 2.22. The molecule has 1 aromatic rings. The van der Waals surface area contributed by atoms with Gasteiger partial charge in [0, 0.05) is 33.4 Å². The molecule has 0 bridgehead atoms. The summed E-state index contributed by atoms with van der Waals surface area (Å²) in [6, 6.07) is 7.72. The number of nitrogens with zero attached hydrogens (tertiary/aromatic N) is 1. The maximum atomic E-state index is 11.9. The Bertz CT molecular complexity index is 444. The van der Waals surface area contributed by atoms with Crippen LogP contribution in [-0.2, 0) is 20.8 Å². The average Bonchev–Trinajstić information content (AvgIpc) is 2.47. The number of benzene rings is 1. The van der Waals surface area contributed by atoms with Crippen LogP contribution in [0.5, 0.6) is 0 Å². The van der Waals surface area contributed by atoms with Gasteiger partial charge in [-0.3, -0.25) is 0 Å². The molecule has 5 nitrogen and oxygen atoms in total. The molecule has 1 rings (SSSR count). The lowest BCUT2D eigenvalue weighted by Gasteiger charge is -2.22. The second-order valence-electron chi connectivity index (χ2n) is 5.33. The molecule has 118 valence electrons. The summed E-state index contributed by atoms with van der Waals surface area (Å²) in [7, 11) is 4.89.